The van der Waals surface area contributed by atoms with Crippen LogP contribution in [-0.2, 0) is 5.54 Å². The molecule has 4 heteroatoms. The molecule has 0 saturated heterocycles. The van der Waals surface area contributed by atoms with Crippen LogP contribution < -0.4 is 0 Å². The molecule has 0 unspecified atom stereocenters. The number of nitriles is 1. The molecule has 0 atom stereocenters. The average Bonchev–Trinajstić information content (AvgIpc) is 2.99. The summed E-state index contributed by atoms with van der Waals surface area (Å²) in [6.07, 6.45) is 1.68. The van der Waals surface area contributed by atoms with Gasteiger partial charge in [0.2, 0.25) is 0 Å². The fraction of sp³-hybridized carbons (Fsp3) is 0.294. The van der Waals surface area contributed by atoms with Crippen molar-refractivity contribution in [2.75, 3.05) is 0 Å². The van der Waals surface area contributed by atoms with Gasteiger partial charge in [-0.3, -0.25) is 0 Å². The molecule has 1 aromatic carbocycles. The largest absolute Gasteiger partial charge is 0.469 e. The number of nitrogens with zero attached hydrogens (tertiary/aromatic N) is 3. The lowest BCUT2D eigenvalue weighted by atomic mass is 10.1. The molecule has 4 nitrogen and oxygen atoms in total. The fourth-order valence-corrected chi connectivity index (χ4v) is 2.63. The molecule has 0 amide bonds. The number of rotatable bonds is 1. The number of aryl methyl sites for hydroxylation is 1. The Morgan fingerprint density at radius 3 is 2.57 bits per heavy atom. The van der Waals surface area contributed by atoms with Crippen LogP contribution in [0.2, 0.25) is 0 Å². The van der Waals surface area contributed by atoms with Crippen LogP contribution in [-0.4, -0.2) is 9.55 Å². The van der Waals surface area contributed by atoms with Crippen molar-refractivity contribution in [3.8, 4) is 17.5 Å². The van der Waals surface area contributed by atoms with Crippen molar-refractivity contribution >= 4 is 11.0 Å². The summed E-state index contributed by atoms with van der Waals surface area (Å²) in [5.74, 6) is 1.72. The quantitative estimate of drug-likeness (QED) is 0.669. The zero-order valence-electron chi connectivity index (χ0n) is 12.6. The molecule has 21 heavy (non-hydrogen) atoms. The predicted molar refractivity (Wildman–Crippen MR) is 81.9 cm³/mol. The van der Waals surface area contributed by atoms with E-state index in [1.54, 1.807) is 6.26 Å². The van der Waals surface area contributed by atoms with Gasteiger partial charge in [0.05, 0.1) is 34.5 Å². The SMILES string of the molecule is Cc1occc1-c1nc2cc(C#N)ccc2n1C(C)(C)C. The number of benzene rings is 1. The van der Waals surface area contributed by atoms with E-state index in [0.29, 0.717) is 5.56 Å². The van der Waals surface area contributed by atoms with Gasteiger partial charge in [0, 0.05) is 5.54 Å². The van der Waals surface area contributed by atoms with Gasteiger partial charge in [-0.25, -0.2) is 4.98 Å². The first kappa shape index (κ1) is 13.4. The molecule has 0 aliphatic carbocycles. The maximum atomic E-state index is 9.06. The van der Waals surface area contributed by atoms with Crippen molar-refractivity contribution in [3.05, 3.63) is 41.9 Å². The minimum atomic E-state index is -0.123. The van der Waals surface area contributed by atoms with Crippen molar-refractivity contribution in [1.82, 2.24) is 9.55 Å². The normalized spacial score (nSPS) is 11.8. The molecular weight excluding hydrogens is 262 g/mol. The van der Waals surface area contributed by atoms with Crippen LogP contribution in [0.3, 0.4) is 0 Å². The monoisotopic (exact) mass is 279 g/mol. The molecule has 0 saturated carbocycles. The van der Waals surface area contributed by atoms with E-state index in [9.17, 15) is 0 Å². The highest BCUT2D eigenvalue weighted by Crippen LogP contribution is 2.33. The van der Waals surface area contributed by atoms with Crippen LogP contribution in [0.4, 0.5) is 0 Å². The van der Waals surface area contributed by atoms with Crippen LogP contribution >= 0.6 is 0 Å². The van der Waals surface area contributed by atoms with Crippen molar-refractivity contribution in [1.29, 1.82) is 5.26 Å². The molecule has 0 aliphatic rings. The first-order chi connectivity index (χ1) is 9.91. The molecule has 3 aromatic rings. The third kappa shape index (κ3) is 2.11. The van der Waals surface area contributed by atoms with Gasteiger partial charge in [-0.15, -0.1) is 0 Å². The highest BCUT2D eigenvalue weighted by atomic mass is 16.3. The maximum Gasteiger partial charge on any atom is 0.145 e. The van der Waals surface area contributed by atoms with E-state index < -0.39 is 0 Å². The van der Waals surface area contributed by atoms with Crippen LogP contribution in [0.15, 0.2) is 34.9 Å². The third-order valence-corrected chi connectivity index (χ3v) is 3.55. The Kier molecular flexibility index (Phi) is 2.87. The summed E-state index contributed by atoms with van der Waals surface area (Å²) in [6.45, 7) is 8.37. The lowest BCUT2D eigenvalue weighted by Crippen LogP contribution is -2.22. The van der Waals surface area contributed by atoms with Crippen molar-refractivity contribution in [3.63, 3.8) is 0 Å². The van der Waals surface area contributed by atoms with Crippen LogP contribution in [0, 0.1) is 18.3 Å². The van der Waals surface area contributed by atoms with Crippen LogP contribution in [0.1, 0.15) is 32.1 Å². The molecule has 106 valence electrons. The number of aromatic nitrogens is 2. The van der Waals surface area contributed by atoms with E-state index in [4.69, 9.17) is 14.7 Å². The maximum absolute atomic E-state index is 9.06. The summed E-state index contributed by atoms with van der Waals surface area (Å²) in [4.78, 5) is 4.74. The molecule has 0 radical (unpaired) electrons. The highest BCUT2D eigenvalue weighted by Gasteiger charge is 2.24. The molecule has 0 spiro atoms. The van der Waals surface area contributed by atoms with Crippen LogP contribution in [0.25, 0.3) is 22.4 Å². The molecule has 0 aliphatic heterocycles. The van der Waals surface area contributed by atoms with Gasteiger partial charge in [-0.2, -0.15) is 5.26 Å². The number of hydrogen-bond acceptors (Lipinski definition) is 3. The van der Waals surface area contributed by atoms with Gasteiger partial charge >= 0.3 is 0 Å². The second kappa shape index (κ2) is 4.49. The van der Waals surface area contributed by atoms with Crippen molar-refractivity contribution < 1.29 is 4.42 Å². The Balaban J connectivity index is 2.39. The number of furan rings is 1. The summed E-state index contributed by atoms with van der Waals surface area (Å²) in [6, 6.07) is 9.72. The molecule has 2 aromatic heterocycles. The zero-order valence-corrected chi connectivity index (χ0v) is 12.6. The standard InChI is InChI=1S/C17H17N3O/c1-11-13(7-8-21-11)16-19-14-9-12(10-18)5-6-15(14)20(16)17(2,3)4/h5-9H,1-4H3. The minimum absolute atomic E-state index is 0.123. The average molecular weight is 279 g/mol. The molecule has 0 fully saturated rings. The Labute approximate surface area is 123 Å². The van der Waals surface area contributed by atoms with E-state index in [1.165, 1.54) is 0 Å². The molecule has 2 heterocycles. The summed E-state index contributed by atoms with van der Waals surface area (Å²) in [5, 5.41) is 9.06. The smallest absolute Gasteiger partial charge is 0.145 e. The highest BCUT2D eigenvalue weighted by molar-refractivity contribution is 5.82. The molecule has 3 rings (SSSR count). The Morgan fingerprint density at radius 1 is 1.24 bits per heavy atom. The predicted octanol–water partition coefficient (Wildman–Crippen LogP) is 4.23. The lowest BCUT2D eigenvalue weighted by Gasteiger charge is -2.24. The number of fused-ring (bicyclic) bond motifs is 1. The lowest BCUT2D eigenvalue weighted by molar-refractivity contribution is 0.412. The van der Waals surface area contributed by atoms with Gasteiger partial charge in [-0.05, 0) is 52.0 Å². The van der Waals surface area contributed by atoms with E-state index in [-0.39, 0.29) is 5.54 Å². The number of imidazole rings is 1. The van der Waals surface area contributed by atoms with E-state index >= 15 is 0 Å². The topological polar surface area (TPSA) is 54.8 Å². The van der Waals surface area contributed by atoms with E-state index in [1.807, 2.05) is 31.2 Å². The molecular formula is C17H17N3O. The van der Waals surface area contributed by atoms with Gasteiger partial charge < -0.3 is 8.98 Å². The second-order valence-electron chi connectivity index (χ2n) is 6.15. The minimum Gasteiger partial charge on any atom is -0.469 e. The van der Waals surface area contributed by atoms with Crippen LogP contribution in [0.5, 0.6) is 0 Å². The summed E-state index contributed by atoms with van der Waals surface area (Å²) in [7, 11) is 0. The zero-order chi connectivity index (χ0) is 15.2. The third-order valence-electron chi connectivity index (χ3n) is 3.55. The van der Waals surface area contributed by atoms with Gasteiger partial charge in [0.15, 0.2) is 0 Å². The van der Waals surface area contributed by atoms with E-state index in [0.717, 1.165) is 28.2 Å². The van der Waals surface area contributed by atoms with Gasteiger partial charge in [-0.1, -0.05) is 0 Å². The molecule has 0 N–H and O–H groups in total. The summed E-state index contributed by atoms with van der Waals surface area (Å²) in [5.41, 5.74) is 3.34. The summed E-state index contributed by atoms with van der Waals surface area (Å²) >= 11 is 0. The number of hydrogen-bond donors (Lipinski definition) is 0. The second-order valence-corrected chi connectivity index (χ2v) is 6.15. The first-order valence-corrected chi connectivity index (χ1v) is 6.89. The van der Waals surface area contributed by atoms with Gasteiger partial charge in [0.25, 0.3) is 0 Å². The Hall–Kier alpha value is -2.54. The first-order valence-electron chi connectivity index (χ1n) is 6.89. The van der Waals surface area contributed by atoms with Crippen molar-refractivity contribution in [2.45, 2.75) is 33.2 Å². The Morgan fingerprint density at radius 2 is 2.00 bits per heavy atom. The Bertz CT molecular complexity index is 856. The van der Waals surface area contributed by atoms with Gasteiger partial charge in [0.1, 0.15) is 11.6 Å². The van der Waals surface area contributed by atoms with Crippen molar-refractivity contribution in [2.24, 2.45) is 0 Å². The van der Waals surface area contributed by atoms with E-state index in [2.05, 4.69) is 31.4 Å². The molecule has 0 bridgehead atoms. The summed E-state index contributed by atoms with van der Waals surface area (Å²) < 4.78 is 7.62. The fourth-order valence-electron chi connectivity index (χ4n) is 2.63.